The number of halogens is 3. The van der Waals surface area contributed by atoms with Crippen LogP contribution in [0.1, 0.15) is 13.8 Å². The minimum absolute atomic E-state index is 0.0447. The molecule has 0 spiro atoms. The Morgan fingerprint density at radius 2 is 1.86 bits per heavy atom. The first kappa shape index (κ1) is 17.1. The maximum atomic E-state index is 12.0. The Morgan fingerprint density at radius 1 is 1.29 bits per heavy atom. The van der Waals surface area contributed by atoms with Crippen molar-refractivity contribution in [3.05, 3.63) is 24.3 Å². The van der Waals surface area contributed by atoms with E-state index in [2.05, 4.69) is 15.4 Å². The summed E-state index contributed by atoms with van der Waals surface area (Å²) in [5.41, 5.74) is 0.308. The van der Waals surface area contributed by atoms with Gasteiger partial charge in [0.1, 0.15) is 5.75 Å². The number of aliphatic hydroxyl groups excluding tert-OH is 1. The van der Waals surface area contributed by atoms with Crippen molar-refractivity contribution in [2.75, 3.05) is 11.9 Å². The topological polar surface area (TPSA) is 70.6 Å². The first-order valence-electron chi connectivity index (χ1n) is 6.25. The molecule has 0 unspecified atom stereocenters. The number of carbonyl (C=O) groups excluding carboxylic acids is 1. The first-order chi connectivity index (χ1) is 9.71. The molecule has 0 aliphatic carbocycles. The maximum Gasteiger partial charge on any atom is 0.573 e. The van der Waals surface area contributed by atoms with Gasteiger partial charge in [-0.2, -0.15) is 0 Å². The summed E-state index contributed by atoms with van der Waals surface area (Å²) in [5, 5.41) is 14.1. The van der Waals surface area contributed by atoms with Gasteiger partial charge < -0.3 is 20.5 Å². The number of nitrogens with one attached hydrogen (secondary N) is 2. The van der Waals surface area contributed by atoms with E-state index in [0.29, 0.717) is 5.69 Å². The summed E-state index contributed by atoms with van der Waals surface area (Å²) in [4.78, 5) is 11.7. The number of rotatable bonds is 5. The highest BCUT2D eigenvalue weighted by atomic mass is 19.4. The molecule has 0 fully saturated rings. The van der Waals surface area contributed by atoms with E-state index in [-0.39, 0.29) is 18.3 Å². The molecule has 1 aromatic rings. The predicted octanol–water partition coefficient (Wildman–Crippen LogP) is 2.72. The number of carbonyl (C=O) groups is 1. The SMILES string of the molecule is CC(C)[C@@H](CO)NC(=O)Nc1ccc(OC(F)(F)F)cc1. The first-order valence-corrected chi connectivity index (χ1v) is 6.25. The van der Waals surface area contributed by atoms with Crippen molar-refractivity contribution in [1.82, 2.24) is 5.32 Å². The second-order valence-electron chi connectivity index (χ2n) is 4.70. The minimum atomic E-state index is -4.75. The second kappa shape index (κ2) is 7.16. The van der Waals surface area contributed by atoms with Gasteiger partial charge in [0.05, 0.1) is 12.6 Å². The monoisotopic (exact) mass is 306 g/mol. The molecular weight excluding hydrogens is 289 g/mol. The smallest absolute Gasteiger partial charge is 0.406 e. The van der Waals surface area contributed by atoms with E-state index in [4.69, 9.17) is 5.11 Å². The van der Waals surface area contributed by atoms with E-state index in [1.54, 1.807) is 0 Å². The zero-order valence-electron chi connectivity index (χ0n) is 11.6. The number of hydrogen-bond donors (Lipinski definition) is 3. The van der Waals surface area contributed by atoms with E-state index in [0.717, 1.165) is 12.1 Å². The number of hydrogen-bond acceptors (Lipinski definition) is 3. The van der Waals surface area contributed by atoms with Crippen molar-refractivity contribution in [1.29, 1.82) is 0 Å². The van der Waals surface area contributed by atoms with Crippen molar-refractivity contribution in [2.24, 2.45) is 5.92 Å². The van der Waals surface area contributed by atoms with Gasteiger partial charge in [-0.1, -0.05) is 13.8 Å². The number of benzene rings is 1. The minimum Gasteiger partial charge on any atom is -0.406 e. The molecule has 0 saturated carbocycles. The third kappa shape index (κ3) is 6.35. The lowest BCUT2D eigenvalue weighted by atomic mass is 10.1. The Hall–Kier alpha value is -1.96. The highest BCUT2D eigenvalue weighted by Crippen LogP contribution is 2.23. The van der Waals surface area contributed by atoms with Crippen LogP contribution in [-0.2, 0) is 0 Å². The third-order valence-electron chi connectivity index (χ3n) is 2.66. The van der Waals surface area contributed by atoms with Crippen LogP contribution in [0.15, 0.2) is 24.3 Å². The van der Waals surface area contributed by atoms with Gasteiger partial charge >= 0.3 is 12.4 Å². The molecule has 0 aliphatic rings. The van der Waals surface area contributed by atoms with Gasteiger partial charge in [-0.25, -0.2) is 4.79 Å². The van der Waals surface area contributed by atoms with Gasteiger partial charge in [-0.15, -0.1) is 13.2 Å². The Kier molecular flexibility index (Phi) is 5.83. The van der Waals surface area contributed by atoms with Crippen LogP contribution in [0.5, 0.6) is 5.75 Å². The summed E-state index contributed by atoms with van der Waals surface area (Å²) < 4.78 is 39.7. The molecule has 0 aliphatic heterocycles. The zero-order valence-corrected chi connectivity index (χ0v) is 11.6. The van der Waals surface area contributed by atoms with Gasteiger partial charge in [0.2, 0.25) is 0 Å². The van der Waals surface area contributed by atoms with E-state index in [1.807, 2.05) is 13.8 Å². The van der Waals surface area contributed by atoms with E-state index < -0.39 is 18.4 Å². The van der Waals surface area contributed by atoms with E-state index in [1.165, 1.54) is 12.1 Å². The number of urea groups is 1. The average molecular weight is 306 g/mol. The van der Waals surface area contributed by atoms with Crippen molar-refractivity contribution in [2.45, 2.75) is 26.3 Å². The van der Waals surface area contributed by atoms with Crippen LogP contribution in [0.25, 0.3) is 0 Å². The number of anilines is 1. The number of alkyl halides is 3. The van der Waals surface area contributed by atoms with Gasteiger partial charge in [0.25, 0.3) is 0 Å². The third-order valence-corrected chi connectivity index (χ3v) is 2.66. The molecule has 1 atom stereocenters. The average Bonchev–Trinajstić information content (AvgIpc) is 2.36. The lowest BCUT2D eigenvalue weighted by Gasteiger charge is -2.20. The van der Waals surface area contributed by atoms with Crippen LogP contribution in [0, 0.1) is 5.92 Å². The Labute approximate surface area is 120 Å². The number of ether oxygens (including phenoxy) is 1. The number of amides is 2. The predicted molar refractivity (Wildman–Crippen MR) is 71.0 cm³/mol. The lowest BCUT2D eigenvalue weighted by molar-refractivity contribution is -0.274. The van der Waals surface area contributed by atoms with Crippen LogP contribution < -0.4 is 15.4 Å². The fourth-order valence-electron chi connectivity index (χ4n) is 1.50. The van der Waals surface area contributed by atoms with Crippen LogP contribution >= 0.6 is 0 Å². The molecule has 0 radical (unpaired) electrons. The molecule has 0 saturated heterocycles. The van der Waals surface area contributed by atoms with Crippen molar-refractivity contribution in [3.8, 4) is 5.75 Å². The fraction of sp³-hybridized carbons (Fsp3) is 0.462. The molecule has 2 amide bonds. The van der Waals surface area contributed by atoms with Crippen molar-refractivity contribution in [3.63, 3.8) is 0 Å². The zero-order chi connectivity index (χ0) is 16.0. The fourth-order valence-corrected chi connectivity index (χ4v) is 1.50. The molecular formula is C13H17F3N2O3. The molecule has 118 valence electrons. The summed E-state index contributed by atoms with van der Waals surface area (Å²) in [5.74, 6) is -0.327. The highest BCUT2D eigenvalue weighted by Gasteiger charge is 2.30. The van der Waals surface area contributed by atoms with Gasteiger partial charge in [0, 0.05) is 5.69 Å². The van der Waals surface area contributed by atoms with Crippen LogP contribution in [-0.4, -0.2) is 30.1 Å². The molecule has 0 bridgehead atoms. The largest absolute Gasteiger partial charge is 0.573 e. The molecule has 5 nitrogen and oxygen atoms in total. The van der Waals surface area contributed by atoms with E-state index >= 15 is 0 Å². The molecule has 0 aromatic heterocycles. The summed E-state index contributed by atoms with van der Waals surface area (Å²) in [6.45, 7) is 3.47. The molecule has 8 heteroatoms. The molecule has 21 heavy (non-hydrogen) atoms. The van der Waals surface area contributed by atoms with Crippen LogP contribution in [0.2, 0.25) is 0 Å². The summed E-state index contributed by atoms with van der Waals surface area (Å²) in [6.07, 6.45) is -4.75. The molecule has 3 N–H and O–H groups in total. The summed E-state index contributed by atoms with van der Waals surface area (Å²) >= 11 is 0. The Balaban J connectivity index is 2.57. The van der Waals surface area contributed by atoms with E-state index in [9.17, 15) is 18.0 Å². The molecule has 1 rings (SSSR count). The van der Waals surface area contributed by atoms with Gasteiger partial charge in [0.15, 0.2) is 0 Å². The summed E-state index contributed by atoms with van der Waals surface area (Å²) in [7, 11) is 0. The van der Waals surface area contributed by atoms with Crippen molar-refractivity contribution < 1.29 is 27.8 Å². The van der Waals surface area contributed by atoms with Crippen LogP contribution in [0.4, 0.5) is 23.7 Å². The maximum absolute atomic E-state index is 12.0. The van der Waals surface area contributed by atoms with Crippen LogP contribution in [0.3, 0.4) is 0 Å². The molecule has 1 aromatic carbocycles. The Morgan fingerprint density at radius 3 is 2.29 bits per heavy atom. The summed E-state index contributed by atoms with van der Waals surface area (Å²) in [6, 6.07) is 3.79. The lowest BCUT2D eigenvalue weighted by Crippen LogP contribution is -2.43. The highest BCUT2D eigenvalue weighted by molar-refractivity contribution is 5.89. The standard InChI is InChI=1S/C13H17F3N2O3/c1-8(2)11(7-19)18-12(20)17-9-3-5-10(6-4-9)21-13(14,15)16/h3-6,8,11,19H,7H2,1-2H3,(H2,17,18,20)/t11-/m1/s1. The van der Waals surface area contributed by atoms with Crippen molar-refractivity contribution >= 4 is 11.7 Å². The van der Waals surface area contributed by atoms with Gasteiger partial charge in [-0.3, -0.25) is 0 Å². The van der Waals surface area contributed by atoms with Gasteiger partial charge in [-0.05, 0) is 30.2 Å². The Bertz CT molecular complexity index is 461. The second-order valence-corrected chi connectivity index (χ2v) is 4.70. The quantitative estimate of drug-likeness (QED) is 0.783. The number of aliphatic hydroxyl groups is 1. The normalized spacial score (nSPS) is 12.9. The molecule has 0 heterocycles.